The summed E-state index contributed by atoms with van der Waals surface area (Å²) in [7, 11) is 0. The molecule has 0 aromatic heterocycles. The van der Waals surface area contributed by atoms with Crippen LogP contribution in [0, 0.1) is 29.6 Å². The van der Waals surface area contributed by atoms with Gasteiger partial charge < -0.3 is 0 Å². The molecular formula is C13H20. The Morgan fingerprint density at radius 3 is 2.23 bits per heavy atom. The van der Waals surface area contributed by atoms with Gasteiger partial charge in [-0.25, -0.2) is 0 Å². The number of rotatable bonds is 2. The van der Waals surface area contributed by atoms with Gasteiger partial charge in [-0.1, -0.05) is 32.1 Å². The van der Waals surface area contributed by atoms with Gasteiger partial charge in [0.1, 0.15) is 0 Å². The van der Waals surface area contributed by atoms with Crippen LogP contribution in [0.2, 0.25) is 0 Å². The van der Waals surface area contributed by atoms with E-state index in [-0.39, 0.29) is 0 Å². The van der Waals surface area contributed by atoms with E-state index >= 15 is 0 Å². The average molecular weight is 176 g/mol. The summed E-state index contributed by atoms with van der Waals surface area (Å²) in [5, 5.41) is 0. The van der Waals surface area contributed by atoms with Crippen LogP contribution in [-0.2, 0) is 0 Å². The molecule has 0 N–H and O–H groups in total. The van der Waals surface area contributed by atoms with Crippen molar-refractivity contribution in [2.75, 3.05) is 0 Å². The van der Waals surface area contributed by atoms with Crippen molar-refractivity contribution in [2.45, 2.75) is 51.9 Å². The third-order valence-electron chi connectivity index (χ3n) is 4.28. The third kappa shape index (κ3) is 1.62. The summed E-state index contributed by atoms with van der Waals surface area (Å²) >= 11 is 0. The Labute approximate surface area is 82.1 Å². The summed E-state index contributed by atoms with van der Waals surface area (Å²) in [5.74, 6) is 4.93. The summed E-state index contributed by atoms with van der Waals surface area (Å²) in [5.41, 5.74) is 0.374. The Kier molecular flexibility index (Phi) is 2.37. The van der Waals surface area contributed by atoms with Gasteiger partial charge >= 0.3 is 0 Å². The Bertz CT molecular complexity index is 209. The van der Waals surface area contributed by atoms with Gasteiger partial charge in [0.25, 0.3) is 0 Å². The summed E-state index contributed by atoms with van der Waals surface area (Å²) in [6, 6.07) is 0. The van der Waals surface area contributed by atoms with Crippen molar-refractivity contribution >= 4 is 0 Å². The molecule has 0 saturated heterocycles. The van der Waals surface area contributed by atoms with Crippen LogP contribution >= 0.6 is 0 Å². The first-order valence-electron chi connectivity index (χ1n) is 5.78. The zero-order valence-electron chi connectivity index (χ0n) is 8.68. The lowest BCUT2D eigenvalue weighted by molar-refractivity contribution is 0.219. The van der Waals surface area contributed by atoms with Crippen molar-refractivity contribution in [3.63, 3.8) is 0 Å². The predicted octanol–water partition coefficient (Wildman–Crippen LogP) is 3.62. The molecule has 13 heavy (non-hydrogen) atoms. The van der Waals surface area contributed by atoms with Crippen LogP contribution < -0.4 is 0 Å². The van der Waals surface area contributed by atoms with Crippen molar-refractivity contribution < 1.29 is 0 Å². The molecule has 0 bridgehead atoms. The van der Waals surface area contributed by atoms with E-state index < -0.39 is 0 Å². The van der Waals surface area contributed by atoms with Crippen LogP contribution in [0.3, 0.4) is 0 Å². The highest BCUT2D eigenvalue weighted by atomic mass is 14.5. The first-order chi connectivity index (χ1) is 6.30. The van der Waals surface area contributed by atoms with Gasteiger partial charge in [0, 0.05) is 5.41 Å². The van der Waals surface area contributed by atoms with E-state index in [1.165, 1.54) is 44.9 Å². The fourth-order valence-electron chi connectivity index (χ4n) is 2.93. The normalized spacial score (nSPS) is 36.6. The molecule has 0 aromatic carbocycles. The summed E-state index contributed by atoms with van der Waals surface area (Å²) in [4.78, 5) is 0. The smallest absolute Gasteiger partial charge is 0.0341 e. The van der Waals surface area contributed by atoms with Gasteiger partial charge in [-0.3, -0.25) is 0 Å². The standard InChI is InChI=1S/C13H20/c1-3-11-5-7-12(8-6-11)13(4-2)9-10-13/h2,11-12H,3,5-10H2,1H3. The largest absolute Gasteiger partial charge is 0.120 e. The minimum atomic E-state index is 0.374. The molecule has 0 aliphatic heterocycles. The second-order valence-electron chi connectivity index (χ2n) is 4.93. The third-order valence-corrected chi connectivity index (χ3v) is 4.28. The molecule has 2 aliphatic rings. The zero-order chi connectivity index (χ0) is 9.31. The zero-order valence-corrected chi connectivity index (χ0v) is 8.68. The van der Waals surface area contributed by atoms with Crippen LogP contribution in [0.4, 0.5) is 0 Å². The van der Waals surface area contributed by atoms with Gasteiger partial charge in [-0.15, -0.1) is 6.42 Å². The molecular weight excluding hydrogens is 156 g/mol. The SMILES string of the molecule is C#CC1(C2CCC(CC)CC2)CC1. The summed E-state index contributed by atoms with van der Waals surface area (Å²) in [6.45, 7) is 2.32. The minimum Gasteiger partial charge on any atom is -0.120 e. The number of hydrogen-bond donors (Lipinski definition) is 0. The van der Waals surface area contributed by atoms with E-state index in [9.17, 15) is 0 Å². The van der Waals surface area contributed by atoms with E-state index in [1.54, 1.807) is 0 Å². The van der Waals surface area contributed by atoms with Crippen LogP contribution in [0.15, 0.2) is 0 Å². The minimum absolute atomic E-state index is 0.374. The molecule has 0 unspecified atom stereocenters. The van der Waals surface area contributed by atoms with E-state index in [4.69, 9.17) is 6.42 Å². The van der Waals surface area contributed by atoms with Crippen LogP contribution in [0.25, 0.3) is 0 Å². The van der Waals surface area contributed by atoms with E-state index in [0.717, 1.165) is 11.8 Å². The molecule has 0 aromatic rings. The maximum absolute atomic E-state index is 5.62. The van der Waals surface area contributed by atoms with Crippen molar-refractivity contribution in [3.05, 3.63) is 0 Å². The lowest BCUT2D eigenvalue weighted by Gasteiger charge is -2.31. The molecule has 0 atom stereocenters. The molecule has 2 aliphatic carbocycles. The Morgan fingerprint density at radius 1 is 1.23 bits per heavy atom. The van der Waals surface area contributed by atoms with Gasteiger partial charge in [-0.05, 0) is 37.5 Å². The highest BCUT2D eigenvalue weighted by Crippen LogP contribution is 2.56. The fourth-order valence-corrected chi connectivity index (χ4v) is 2.93. The molecule has 0 nitrogen and oxygen atoms in total. The van der Waals surface area contributed by atoms with Gasteiger partial charge in [-0.2, -0.15) is 0 Å². The molecule has 2 rings (SSSR count). The molecule has 0 amide bonds. The maximum Gasteiger partial charge on any atom is 0.0341 e. The Balaban J connectivity index is 1.89. The van der Waals surface area contributed by atoms with Gasteiger partial charge in [0.05, 0.1) is 0 Å². The predicted molar refractivity (Wildman–Crippen MR) is 56.2 cm³/mol. The number of hydrogen-bond acceptors (Lipinski definition) is 0. The van der Waals surface area contributed by atoms with Crippen molar-refractivity contribution in [1.29, 1.82) is 0 Å². The summed E-state index contributed by atoms with van der Waals surface area (Å²) < 4.78 is 0. The quantitative estimate of drug-likeness (QED) is 0.564. The van der Waals surface area contributed by atoms with Crippen LogP contribution in [0.1, 0.15) is 51.9 Å². The van der Waals surface area contributed by atoms with Gasteiger partial charge in [0.15, 0.2) is 0 Å². The second-order valence-corrected chi connectivity index (χ2v) is 4.93. The van der Waals surface area contributed by atoms with Crippen molar-refractivity contribution in [3.8, 4) is 12.3 Å². The Morgan fingerprint density at radius 2 is 1.85 bits per heavy atom. The lowest BCUT2D eigenvalue weighted by atomic mass is 9.74. The molecule has 2 fully saturated rings. The first kappa shape index (κ1) is 9.13. The summed E-state index contributed by atoms with van der Waals surface area (Å²) in [6.07, 6.45) is 15.3. The molecule has 0 spiro atoms. The fraction of sp³-hybridized carbons (Fsp3) is 0.846. The molecule has 0 heterocycles. The second kappa shape index (κ2) is 3.37. The van der Waals surface area contributed by atoms with Gasteiger partial charge in [0.2, 0.25) is 0 Å². The molecule has 72 valence electrons. The topological polar surface area (TPSA) is 0 Å². The van der Waals surface area contributed by atoms with E-state index in [2.05, 4.69) is 12.8 Å². The lowest BCUT2D eigenvalue weighted by Crippen LogP contribution is -2.21. The highest BCUT2D eigenvalue weighted by molar-refractivity contribution is 5.17. The molecule has 0 radical (unpaired) electrons. The monoisotopic (exact) mass is 176 g/mol. The van der Waals surface area contributed by atoms with E-state index in [1.807, 2.05) is 0 Å². The Hall–Kier alpha value is -0.440. The molecule has 2 saturated carbocycles. The van der Waals surface area contributed by atoms with Crippen LogP contribution in [-0.4, -0.2) is 0 Å². The molecule has 0 heteroatoms. The van der Waals surface area contributed by atoms with Crippen LogP contribution in [0.5, 0.6) is 0 Å². The number of terminal acetylenes is 1. The van der Waals surface area contributed by atoms with Crippen molar-refractivity contribution in [2.24, 2.45) is 17.3 Å². The highest BCUT2D eigenvalue weighted by Gasteiger charge is 2.48. The maximum atomic E-state index is 5.62. The first-order valence-corrected chi connectivity index (χ1v) is 5.78. The van der Waals surface area contributed by atoms with E-state index in [0.29, 0.717) is 5.41 Å². The van der Waals surface area contributed by atoms with Crippen molar-refractivity contribution in [1.82, 2.24) is 0 Å². The average Bonchev–Trinajstić information content (AvgIpc) is 2.99.